The molecular weight excluding hydrogens is 278 g/mol. The van der Waals surface area contributed by atoms with Crippen LogP contribution in [-0.2, 0) is 6.61 Å². The van der Waals surface area contributed by atoms with E-state index in [1.807, 2.05) is 31.2 Å². The van der Waals surface area contributed by atoms with Crippen LogP contribution >= 0.6 is 12.2 Å². The van der Waals surface area contributed by atoms with Gasteiger partial charge in [0.05, 0.1) is 4.99 Å². The van der Waals surface area contributed by atoms with Gasteiger partial charge in [0.2, 0.25) is 0 Å². The lowest BCUT2D eigenvalue weighted by Gasteiger charge is -2.14. The first kappa shape index (κ1) is 15.5. The minimum Gasteiger partial charge on any atom is -0.489 e. The molecule has 3 heteroatoms. The first-order chi connectivity index (χ1) is 10.1. The number of hydrogen-bond donors (Lipinski definition) is 1. The molecule has 0 saturated carbocycles. The smallest absolute Gasteiger partial charge is 0.122 e. The van der Waals surface area contributed by atoms with E-state index in [1.54, 1.807) is 0 Å². The molecule has 0 aliphatic rings. The van der Waals surface area contributed by atoms with Crippen LogP contribution in [0.2, 0.25) is 0 Å². The Morgan fingerprint density at radius 3 is 2.62 bits per heavy atom. The van der Waals surface area contributed by atoms with Crippen molar-refractivity contribution in [1.29, 1.82) is 0 Å². The van der Waals surface area contributed by atoms with Crippen molar-refractivity contribution in [3.8, 4) is 5.75 Å². The number of ether oxygens (including phenoxy) is 1. The van der Waals surface area contributed by atoms with Gasteiger partial charge in [-0.25, -0.2) is 0 Å². The molecule has 0 spiro atoms. The van der Waals surface area contributed by atoms with Crippen LogP contribution in [-0.4, -0.2) is 4.99 Å². The molecule has 0 aliphatic carbocycles. The molecule has 2 nitrogen and oxygen atoms in total. The third-order valence-electron chi connectivity index (χ3n) is 3.33. The molecule has 0 bridgehead atoms. The summed E-state index contributed by atoms with van der Waals surface area (Å²) in [5.74, 6) is 0.925. The molecule has 1 N–H and O–H groups in total. The summed E-state index contributed by atoms with van der Waals surface area (Å²) in [4.78, 5) is 0.842. The summed E-state index contributed by atoms with van der Waals surface area (Å²) >= 11 is 5.26. The van der Waals surface area contributed by atoms with E-state index < -0.39 is 0 Å². The quantitative estimate of drug-likeness (QED) is 0.782. The summed E-state index contributed by atoms with van der Waals surface area (Å²) in [6.07, 6.45) is 0.835. The molecule has 21 heavy (non-hydrogen) atoms. The highest BCUT2D eigenvalue weighted by atomic mass is 32.1. The molecule has 0 unspecified atom stereocenters. The topological polar surface area (TPSA) is 21.3 Å². The Bertz CT molecular complexity index is 637. The fourth-order valence-electron chi connectivity index (χ4n) is 2.12. The van der Waals surface area contributed by atoms with Gasteiger partial charge >= 0.3 is 0 Å². The molecule has 0 saturated heterocycles. The second kappa shape index (κ2) is 7.23. The van der Waals surface area contributed by atoms with Gasteiger partial charge in [0, 0.05) is 11.3 Å². The lowest BCUT2D eigenvalue weighted by molar-refractivity contribution is 0.304. The summed E-state index contributed by atoms with van der Waals surface area (Å²) in [5, 5.41) is 3.27. The lowest BCUT2D eigenvalue weighted by Crippen LogP contribution is -2.10. The Kier molecular flexibility index (Phi) is 5.34. The Labute approximate surface area is 132 Å². The zero-order valence-electron chi connectivity index (χ0n) is 12.8. The summed E-state index contributed by atoms with van der Waals surface area (Å²) in [5.41, 5.74) is 4.53. The molecule has 0 amide bonds. The third kappa shape index (κ3) is 4.30. The average molecular weight is 299 g/mol. The largest absolute Gasteiger partial charge is 0.489 e. The van der Waals surface area contributed by atoms with Gasteiger partial charge in [-0.05, 0) is 38.0 Å². The number of benzene rings is 2. The number of anilines is 1. The van der Waals surface area contributed by atoms with Crippen molar-refractivity contribution in [2.75, 3.05) is 5.32 Å². The van der Waals surface area contributed by atoms with Gasteiger partial charge in [-0.3, -0.25) is 0 Å². The molecule has 110 valence electrons. The zero-order valence-corrected chi connectivity index (χ0v) is 13.6. The molecule has 0 atom stereocenters. The molecule has 0 aliphatic heterocycles. The number of aryl methyl sites for hydroxylation is 2. The van der Waals surface area contributed by atoms with Gasteiger partial charge in [0.1, 0.15) is 12.4 Å². The van der Waals surface area contributed by atoms with E-state index in [2.05, 4.69) is 37.4 Å². The van der Waals surface area contributed by atoms with Crippen molar-refractivity contribution in [2.24, 2.45) is 0 Å². The molecule has 2 aromatic rings. The first-order valence-electron chi connectivity index (χ1n) is 7.18. The van der Waals surface area contributed by atoms with Crippen LogP contribution in [0.5, 0.6) is 5.75 Å². The predicted octanol–water partition coefficient (Wildman–Crippen LogP) is 5.03. The van der Waals surface area contributed by atoms with Crippen LogP contribution in [0.15, 0.2) is 42.5 Å². The molecule has 0 fully saturated rings. The minimum atomic E-state index is 0.527. The number of nitrogens with one attached hydrogen (secondary N) is 1. The molecule has 0 radical (unpaired) electrons. The number of rotatable bonds is 5. The van der Waals surface area contributed by atoms with Gasteiger partial charge in [0.25, 0.3) is 0 Å². The zero-order chi connectivity index (χ0) is 15.2. The molecule has 2 aromatic carbocycles. The van der Waals surface area contributed by atoms with Gasteiger partial charge < -0.3 is 10.1 Å². The highest BCUT2D eigenvalue weighted by Gasteiger charge is 2.05. The standard InChI is InChI=1S/C18H21NOS/c1-4-18(21)19-16-8-6-5-7-15(16)12-20-17-10-9-13(2)11-14(17)3/h5-11H,4,12H2,1-3H3,(H,19,21). The highest BCUT2D eigenvalue weighted by Crippen LogP contribution is 2.22. The maximum Gasteiger partial charge on any atom is 0.122 e. The van der Waals surface area contributed by atoms with Gasteiger partial charge in [-0.1, -0.05) is 55.0 Å². The van der Waals surface area contributed by atoms with Crippen LogP contribution in [0.3, 0.4) is 0 Å². The van der Waals surface area contributed by atoms with Crippen molar-refractivity contribution in [1.82, 2.24) is 0 Å². The van der Waals surface area contributed by atoms with Crippen molar-refractivity contribution in [2.45, 2.75) is 33.8 Å². The van der Waals surface area contributed by atoms with E-state index in [-0.39, 0.29) is 0 Å². The summed E-state index contributed by atoms with van der Waals surface area (Å²) in [6.45, 7) is 6.73. The van der Waals surface area contributed by atoms with Gasteiger partial charge in [0.15, 0.2) is 0 Å². The molecular formula is C18H21NOS. The Morgan fingerprint density at radius 1 is 1.14 bits per heavy atom. The maximum atomic E-state index is 5.95. The SMILES string of the molecule is CCC(=S)Nc1ccccc1COc1ccc(C)cc1C. The van der Waals surface area contributed by atoms with Crippen molar-refractivity contribution >= 4 is 22.9 Å². The molecule has 0 heterocycles. The van der Waals surface area contributed by atoms with Gasteiger partial charge in [-0.15, -0.1) is 0 Å². The molecule has 2 rings (SSSR count). The second-order valence-electron chi connectivity index (χ2n) is 5.12. The highest BCUT2D eigenvalue weighted by molar-refractivity contribution is 7.80. The second-order valence-corrected chi connectivity index (χ2v) is 5.61. The average Bonchev–Trinajstić information content (AvgIpc) is 2.47. The normalized spacial score (nSPS) is 10.2. The van der Waals surface area contributed by atoms with Crippen molar-refractivity contribution < 1.29 is 4.74 Å². The Morgan fingerprint density at radius 2 is 1.90 bits per heavy atom. The van der Waals surface area contributed by atoms with E-state index in [4.69, 9.17) is 17.0 Å². The lowest BCUT2D eigenvalue weighted by atomic mass is 10.1. The van der Waals surface area contributed by atoms with E-state index in [1.165, 1.54) is 5.56 Å². The predicted molar refractivity (Wildman–Crippen MR) is 93.2 cm³/mol. The Hall–Kier alpha value is -1.87. The van der Waals surface area contributed by atoms with Crippen LogP contribution in [0.4, 0.5) is 5.69 Å². The van der Waals surface area contributed by atoms with E-state index in [0.717, 1.165) is 34.0 Å². The van der Waals surface area contributed by atoms with Crippen LogP contribution in [0.1, 0.15) is 30.0 Å². The summed E-state index contributed by atoms with van der Waals surface area (Å²) in [6, 6.07) is 14.3. The number of para-hydroxylation sites is 1. The summed E-state index contributed by atoms with van der Waals surface area (Å²) < 4.78 is 5.95. The van der Waals surface area contributed by atoms with Crippen LogP contribution in [0.25, 0.3) is 0 Å². The first-order valence-corrected chi connectivity index (χ1v) is 7.58. The third-order valence-corrected chi connectivity index (χ3v) is 3.72. The Balaban J connectivity index is 2.11. The van der Waals surface area contributed by atoms with E-state index in [0.29, 0.717) is 6.61 Å². The van der Waals surface area contributed by atoms with Crippen LogP contribution in [0, 0.1) is 13.8 Å². The fraction of sp³-hybridized carbons (Fsp3) is 0.278. The monoisotopic (exact) mass is 299 g/mol. The van der Waals surface area contributed by atoms with Gasteiger partial charge in [-0.2, -0.15) is 0 Å². The fourth-order valence-corrected chi connectivity index (χ4v) is 2.23. The summed E-state index contributed by atoms with van der Waals surface area (Å²) in [7, 11) is 0. The van der Waals surface area contributed by atoms with Crippen molar-refractivity contribution in [3.05, 3.63) is 59.2 Å². The maximum absolute atomic E-state index is 5.95. The number of hydrogen-bond acceptors (Lipinski definition) is 2. The number of thiocarbonyl (C=S) groups is 1. The van der Waals surface area contributed by atoms with E-state index >= 15 is 0 Å². The van der Waals surface area contributed by atoms with Crippen LogP contribution < -0.4 is 10.1 Å². The van der Waals surface area contributed by atoms with E-state index in [9.17, 15) is 0 Å². The minimum absolute atomic E-state index is 0.527. The van der Waals surface area contributed by atoms with Crippen molar-refractivity contribution in [3.63, 3.8) is 0 Å². The molecule has 0 aromatic heterocycles.